The number of amides is 1. The molecule has 2 aromatic heterocycles. The largest absolute Gasteiger partial charge is 0.493 e. The summed E-state index contributed by atoms with van der Waals surface area (Å²) in [5.41, 5.74) is 5.78. The van der Waals surface area contributed by atoms with Gasteiger partial charge in [-0.05, 0) is 54.6 Å². The highest BCUT2D eigenvalue weighted by molar-refractivity contribution is 7.21. The number of thiazole rings is 2. The van der Waals surface area contributed by atoms with Gasteiger partial charge in [0.15, 0.2) is 11.5 Å². The summed E-state index contributed by atoms with van der Waals surface area (Å²) >= 11 is 3.16. The first-order chi connectivity index (χ1) is 16.2. The van der Waals surface area contributed by atoms with Crippen molar-refractivity contribution in [2.45, 2.75) is 6.61 Å². The Morgan fingerprint density at radius 3 is 2.64 bits per heavy atom. The van der Waals surface area contributed by atoms with E-state index in [-0.39, 0.29) is 5.91 Å². The number of aromatic nitrogens is 2. The standard InChI is InChI=1S/C25H19N3O3S2/c1-30-22-12-17(8-11-21(22)31-13-19-14-32-15-26-19)24(29)27-18-9-6-16(7-10-18)25-28-20-4-2-3-5-23(20)33-25/h2-12,14-15H,13H2,1H3,(H,27,29). The van der Waals surface area contributed by atoms with Gasteiger partial charge in [-0.3, -0.25) is 4.79 Å². The molecule has 1 N–H and O–H groups in total. The van der Waals surface area contributed by atoms with E-state index in [0.717, 1.165) is 26.5 Å². The van der Waals surface area contributed by atoms with Gasteiger partial charge in [-0.25, -0.2) is 9.97 Å². The molecule has 8 heteroatoms. The zero-order valence-corrected chi connectivity index (χ0v) is 19.3. The Labute approximate surface area is 198 Å². The summed E-state index contributed by atoms with van der Waals surface area (Å²) in [6.45, 7) is 0.340. The van der Waals surface area contributed by atoms with E-state index in [1.165, 1.54) is 11.3 Å². The smallest absolute Gasteiger partial charge is 0.255 e. The minimum atomic E-state index is -0.230. The van der Waals surface area contributed by atoms with Crippen LogP contribution in [0.1, 0.15) is 16.1 Å². The predicted octanol–water partition coefficient (Wildman–Crippen LogP) is 6.26. The van der Waals surface area contributed by atoms with Crippen molar-refractivity contribution in [3.63, 3.8) is 0 Å². The third-order valence-corrected chi connectivity index (χ3v) is 6.69. The first-order valence-corrected chi connectivity index (χ1v) is 11.9. The molecule has 0 bridgehead atoms. The van der Waals surface area contributed by atoms with Gasteiger partial charge in [-0.15, -0.1) is 22.7 Å². The van der Waals surface area contributed by atoms with Gasteiger partial charge in [0.25, 0.3) is 5.91 Å². The van der Waals surface area contributed by atoms with Crippen molar-refractivity contribution >= 4 is 44.5 Å². The van der Waals surface area contributed by atoms with E-state index < -0.39 is 0 Å². The summed E-state index contributed by atoms with van der Waals surface area (Å²) < 4.78 is 12.4. The Balaban J connectivity index is 1.27. The van der Waals surface area contributed by atoms with Crippen LogP contribution in [0.2, 0.25) is 0 Å². The lowest BCUT2D eigenvalue weighted by molar-refractivity contribution is 0.102. The van der Waals surface area contributed by atoms with Crippen LogP contribution in [0.4, 0.5) is 5.69 Å². The van der Waals surface area contributed by atoms with Crippen LogP contribution in [0.3, 0.4) is 0 Å². The van der Waals surface area contributed by atoms with Crippen molar-refractivity contribution in [1.29, 1.82) is 0 Å². The molecule has 5 aromatic rings. The van der Waals surface area contributed by atoms with Crippen LogP contribution in [-0.2, 0) is 6.61 Å². The fraction of sp³-hybridized carbons (Fsp3) is 0.0800. The number of carbonyl (C=O) groups excluding carboxylic acids is 1. The Hall–Kier alpha value is -3.75. The number of nitrogens with one attached hydrogen (secondary N) is 1. The number of hydrogen-bond donors (Lipinski definition) is 1. The third-order valence-electron chi connectivity index (χ3n) is 4.97. The van der Waals surface area contributed by atoms with Crippen molar-refractivity contribution in [2.24, 2.45) is 0 Å². The van der Waals surface area contributed by atoms with Crippen LogP contribution in [-0.4, -0.2) is 23.0 Å². The molecular weight excluding hydrogens is 454 g/mol. The van der Waals surface area contributed by atoms with Crippen molar-refractivity contribution in [1.82, 2.24) is 9.97 Å². The van der Waals surface area contributed by atoms with Gasteiger partial charge in [0.2, 0.25) is 0 Å². The summed E-state index contributed by atoms with van der Waals surface area (Å²) in [7, 11) is 1.55. The van der Waals surface area contributed by atoms with Gasteiger partial charge < -0.3 is 14.8 Å². The molecule has 164 valence electrons. The molecule has 0 aliphatic carbocycles. The molecule has 1 amide bonds. The molecule has 0 saturated carbocycles. The lowest BCUT2D eigenvalue weighted by atomic mass is 10.1. The number of methoxy groups -OCH3 is 1. The SMILES string of the molecule is COc1cc(C(=O)Nc2ccc(-c3nc4ccccc4s3)cc2)ccc1OCc1cscn1. The van der Waals surface area contributed by atoms with Crippen LogP contribution in [0, 0.1) is 0 Å². The summed E-state index contributed by atoms with van der Waals surface area (Å²) in [5.74, 6) is 0.818. The molecule has 6 nitrogen and oxygen atoms in total. The van der Waals surface area contributed by atoms with Gasteiger partial charge in [0.05, 0.1) is 28.5 Å². The zero-order valence-electron chi connectivity index (χ0n) is 17.6. The first kappa shape index (κ1) is 21.1. The van der Waals surface area contributed by atoms with Gasteiger partial charge in [-0.2, -0.15) is 0 Å². The van der Waals surface area contributed by atoms with Crippen molar-refractivity contribution < 1.29 is 14.3 Å². The molecule has 0 unspecified atom stereocenters. The van der Waals surface area contributed by atoms with E-state index in [1.54, 1.807) is 42.2 Å². The summed E-state index contributed by atoms with van der Waals surface area (Å²) in [6.07, 6.45) is 0. The average Bonchev–Trinajstić information content (AvgIpc) is 3.53. The molecule has 5 rings (SSSR count). The van der Waals surface area contributed by atoms with Gasteiger partial charge in [0.1, 0.15) is 11.6 Å². The highest BCUT2D eigenvalue weighted by atomic mass is 32.1. The van der Waals surface area contributed by atoms with Gasteiger partial charge >= 0.3 is 0 Å². The van der Waals surface area contributed by atoms with E-state index in [2.05, 4.69) is 21.4 Å². The summed E-state index contributed by atoms with van der Waals surface area (Å²) in [4.78, 5) is 21.7. The first-order valence-electron chi connectivity index (χ1n) is 10.1. The fourth-order valence-electron chi connectivity index (χ4n) is 3.28. The Bertz CT molecular complexity index is 1360. The maximum absolute atomic E-state index is 12.8. The van der Waals surface area contributed by atoms with Gasteiger partial charge in [0, 0.05) is 22.2 Å². The molecule has 0 aliphatic rings. The highest BCUT2D eigenvalue weighted by Crippen LogP contribution is 2.31. The number of rotatable bonds is 7. The molecule has 0 saturated heterocycles. The maximum Gasteiger partial charge on any atom is 0.255 e. The van der Waals surface area contributed by atoms with Crippen LogP contribution in [0.25, 0.3) is 20.8 Å². The highest BCUT2D eigenvalue weighted by Gasteiger charge is 2.13. The van der Waals surface area contributed by atoms with E-state index in [1.807, 2.05) is 47.8 Å². The van der Waals surface area contributed by atoms with Gasteiger partial charge in [-0.1, -0.05) is 12.1 Å². The number of nitrogens with zero attached hydrogens (tertiary/aromatic N) is 2. The monoisotopic (exact) mass is 473 g/mol. The van der Waals surface area contributed by atoms with Crippen molar-refractivity contribution in [3.8, 4) is 22.1 Å². The van der Waals surface area contributed by atoms with E-state index >= 15 is 0 Å². The number of carbonyl (C=O) groups is 1. The number of hydrogen-bond acceptors (Lipinski definition) is 7. The lowest BCUT2D eigenvalue weighted by Crippen LogP contribution is -2.12. The number of ether oxygens (including phenoxy) is 2. The molecule has 0 spiro atoms. The molecule has 0 radical (unpaired) electrons. The molecule has 3 aromatic carbocycles. The summed E-state index contributed by atoms with van der Waals surface area (Å²) in [6, 6.07) is 20.9. The number of benzene rings is 3. The van der Waals surface area contributed by atoms with E-state index in [0.29, 0.717) is 29.4 Å². The molecular formula is C25H19N3O3S2. The van der Waals surface area contributed by atoms with Crippen LogP contribution < -0.4 is 14.8 Å². The van der Waals surface area contributed by atoms with Crippen molar-refractivity contribution in [3.05, 3.63) is 88.9 Å². The minimum absolute atomic E-state index is 0.230. The predicted molar refractivity (Wildman–Crippen MR) is 132 cm³/mol. The van der Waals surface area contributed by atoms with E-state index in [9.17, 15) is 4.79 Å². The third kappa shape index (κ3) is 4.72. The average molecular weight is 474 g/mol. The second-order valence-electron chi connectivity index (χ2n) is 7.15. The van der Waals surface area contributed by atoms with Crippen molar-refractivity contribution in [2.75, 3.05) is 12.4 Å². The summed E-state index contributed by atoms with van der Waals surface area (Å²) in [5, 5.41) is 5.81. The quantitative estimate of drug-likeness (QED) is 0.302. The van der Waals surface area contributed by atoms with E-state index in [4.69, 9.17) is 9.47 Å². The second kappa shape index (κ2) is 9.40. The molecule has 0 aliphatic heterocycles. The normalized spacial score (nSPS) is 10.8. The Kier molecular flexibility index (Phi) is 6.01. The van der Waals surface area contributed by atoms with Crippen LogP contribution in [0.5, 0.6) is 11.5 Å². The second-order valence-corrected chi connectivity index (χ2v) is 8.90. The fourth-order valence-corrected chi connectivity index (χ4v) is 4.80. The Morgan fingerprint density at radius 1 is 1.03 bits per heavy atom. The van der Waals surface area contributed by atoms with Crippen LogP contribution >= 0.6 is 22.7 Å². The molecule has 2 heterocycles. The topological polar surface area (TPSA) is 73.3 Å². The molecule has 33 heavy (non-hydrogen) atoms. The number of para-hydroxylation sites is 1. The zero-order chi connectivity index (χ0) is 22.6. The molecule has 0 atom stereocenters. The maximum atomic E-state index is 12.8. The molecule has 0 fully saturated rings. The Morgan fingerprint density at radius 2 is 1.88 bits per heavy atom. The minimum Gasteiger partial charge on any atom is -0.493 e. The number of anilines is 1. The van der Waals surface area contributed by atoms with Crippen LogP contribution in [0.15, 0.2) is 77.6 Å². The number of fused-ring (bicyclic) bond motifs is 1. The lowest BCUT2D eigenvalue weighted by Gasteiger charge is -2.12.